The molecule has 234 valence electrons. The monoisotopic (exact) mass is 742 g/mol. The standard InChI is InChI=1S/C21H17.C20H15.C2H6Si.2ClH.Zr/c1-2-15-12-18-8-5-9-20(21(18)13-15)19-11-10-16-6-3-4-7-17(16)14-19;1-14-11-17-7-4-8-19(20(17)12-14)18-10-9-15-5-2-3-6-16(15)13-18;1-3-2;;;/h3-14H,2H2,1H3;2-13H,1H3;1-2H3;2*1H;/q2*-1;;;;+2/p-2. The van der Waals surface area contributed by atoms with Crippen LogP contribution in [0.3, 0.4) is 0 Å². The van der Waals surface area contributed by atoms with Crippen molar-refractivity contribution < 1.29 is 48.1 Å². The van der Waals surface area contributed by atoms with E-state index in [1.807, 2.05) is 0 Å². The average Bonchev–Trinajstić information content (AvgIpc) is 3.67. The fourth-order valence-electron chi connectivity index (χ4n) is 6.10. The fraction of sp³-hybridized carbons (Fsp3) is 0.116. The van der Waals surface area contributed by atoms with Crippen LogP contribution < -0.4 is 24.8 Å². The molecule has 0 nitrogen and oxygen atoms in total. The van der Waals surface area contributed by atoms with Gasteiger partial charge in [0.2, 0.25) is 0 Å². The van der Waals surface area contributed by atoms with Crippen LogP contribution in [-0.4, -0.2) is 5.43 Å². The van der Waals surface area contributed by atoms with Gasteiger partial charge in [-0.15, -0.1) is 69.1 Å². The zero-order valence-electron chi connectivity index (χ0n) is 27.3. The summed E-state index contributed by atoms with van der Waals surface area (Å²) >= 11 is 1.74. The van der Waals surface area contributed by atoms with Crippen LogP contribution >= 0.6 is 0 Å². The van der Waals surface area contributed by atoms with Crippen LogP contribution in [0.25, 0.3) is 65.3 Å². The number of hydrogen-bond acceptors (Lipinski definition) is 0. The van der Waals surface area contributed by atoms with Gasteiger partial charge in [0.25, 0.3) is 0 Å². The van der Waals surface area contributed by atoms with Crippen LogP contribution in [0.1, 0.15) is 18.1 Å². The molecule has 8 aromatic carbocycles. The van der Waals surface area contributed by atoms with Crippen molar-refractivity contribution in [1.82, 2.24) is 0 Å². The van der Waals surface area contributed by atoms with Gasteiger partial charge in [0.15, 0.2) is 0 Å². The summed E-state index contributed by atoms with van der Waals surface area (Å²) in [5.74, 6) is 0. The van der Waals surface area contributed by atoms with Crippen LogP contribution in [0.2, 0.25) is 13.1 Å². The third-order valence-electron chi connectivity index (χ3n) is 8.23. The Morgan fingerprint density at radius 2 is 0.979 bits per heavy atom. The molecule has 0 bridgehead atoms. The second-order valence-electron chi connectivity index (χ2n) is 12.0. The summed E-state index contributed by atoms with van der Waals surface area (Å²) in [6.07, 6.45) is 1.09. The van der Waals surface area contributed by atoms with Crippen LogP contribution in [-0.2, 0) is 29.8 Å². The molecule has 0 aliphatic carbocycles. The smallest absolute Gasteiger partial charge is 0.0178 e. The van der Waals surface area contributed by atoms with Crippen molar-refractivity contribution in [2.24, 2.45) is 0 Å². The maximum absolute atomic E-state index is 2.33. The van der Waals surface area contributed by atoms with Crippen LogP contribution in [0.4, 0.5) is 0 Å². The molecule has 0 saturated heterocycles. The number of benzene rings is 6. The Morgan fingerprint density at radius 1 is 0.532 bits per heavy atom. The topological polar surface area (TPSA) is 0 Å². The van der Waals surface area contributed by atoms with Crippen molar-refractivity contribution in [3.8, 4) is 22.3 Å². The van der Waals surface area contributed by atoms with Gasteiger partial charge in [0.1, 0.15) is 0 Å². The van der Waals surface area contributed by atoms with Crippen molar-refractivity contribution >= 4 is 48.5 Å². The number of fused-ring (bicyclic) bond motifs is 4. The van der Waals surface area contributed by atoms with Crippen molar-refractivity contribution in [2.75, 3.05) is 0 Å². The van der Waals surface area contributed by atoms with E-state index in [2.05, 4.69) is 173 Å². The van der Waals surface area contributed by atoms with E-state index in [1.54, 1.807) is 23.3 Å². The molecule has 0 amide bonds. The Kier molecular flexibility index (Phi) is 13.0. The molecule has 0 radical (unpaired) electrons. The molecule has 0 N–H and O–H groups in total. The number of rotatable bonds is 3. The van der Waals surface area contributed by atoms with Gasteiger partial charge in [-0.25, -0.2) is 0 Å². The molecule has 0 atom stereocenters. The second-order valence-corrected chi connectivity index (χ2v) is 21.4. The molecule has 0 saturated carbocycles. The zero-order valence-corrected chi connectivity index (χ0v) is 32.3. The molecule has 0 spiro atoms. The number of halogens is 2. The Hall–Kier alpha value is -3.26. The summed E-state index contributed by atoms with van der Waals surface area (Å²) in [4.78, 5) is 0. The molecule has 0 aromatic heterocycles. The van der Waals surface area contributed by atoms with E-state index >= 15 is 0 Å². The first-order chi connectivity index (χ1) is 21.9. The summed E-state index contributed by atoms with van der Waals surface area (Å²) in [7, 11) is 0. The summed E-state index contributed by atoms with van der Waals surface area (Å²) in [6, 6.07) is 52.8. The maximum Gasteiger partial charge on any atom is -0.0178 e. The molecular formula is C43H38Cl2SiZr-2. The Bertz CT molecular complexity index is 2270. The molecule has 0 heterocycles. The van der Waals surface area contributed by atoms with Gasteiger partial charge in [-0.05, 0) is 51.2 Å². The zero-order chi connectivity index (χ0) is 31.3. The van der Waals surface area contributed by atoms with Gasteiger partial charge in [-0.1, -0.05) is 110 Å². The minimum absolute atomic E-state index is 0. The minimum atomic E-state index is 0. The molecule has 0 unspecified atom stereocenters. The molecule has 8 aromatic rings. The first-order valence-electron chi connectivity index (χ1n) is 15.7. The van der Waals surface area contributed by atoms with Crippen molar-refractivity contribution in [1.29, 1.82) is 0 Å². The minimum Gasteiger partial charge on any atom is -1.00 e. The first kappa shape index (κ1) is 36.6. The van der Waals surface area contributed by atoms with Crippen molar-refractivity contribution in [3.05, 3.63) is 157 Å². The van der Waals surface area contributed by atoms with Crippen LogP contribution in [0.5, 0.6) is 0 Å². The van der Waals surface area contributed by atoms with E-state index in [1.165, 1.54) is 76.5 Å². The summed E-state index contributed by atoms with van der Waals surface area (Å²) in [5.41, 5.74) is 8.19. The van der Waals surface area contributed by atoms with E-state index in [0.717, 1.165) is 6.42 Å². The number of hydrogen-bond donors (Lipinski definition) is 0. The summed E-state index contributed by atoms with van der Waals surface area (Å²) in [5, 5.41) is 10.6. The van der Waals surface area contributed by atoms with E-state index in [4.69, 9.17) is 0 Å². The third-order valence-corrected chi connectivity index (χ3v) is 8.23. The summed E-state index contributed by atoms with van der Waals surface area (Å²) < 4.78 is 0. The third kappa shape index (κ3) is 8.62. The Morgan fingerprint density at radius 3 is 1.47 bits per heavy atom. The van der Waals surface area contributed by atoms with Gasteiger partial charge in [0.05, 0.1) is 0 Å². The average molecular weight is 745 g/mol. The number of aryl methyl sites for hydroxylation is 2. The van der Waals surface area contributed by atoms with Gasteiger partial charge < -0.3 is 24.8 Å². The van der Waals surface area contributed by atoms with E-state index in [0.29, 0.717) is 0 Å². The molecule has 4 heteroatoms. The van der Waals surface area contributed by atoms with Crippen molar-refractivity contribution in [3.63, 3.8) is 0 Å². The quantitative estimate of drug-likeness (QED) is 0.145. The predicted molar refractivity (Wildman–Crippen MR) is 197 cm³/mol. The van der Waals surface area contributed by atoms with Crippen molar-refractivity contribution in [2.45, 2.75) is 33.4 Å². The molecule has 0 aliphatic rings. The molecule has 0 fully saturated rings. The Labute approximate surface area is 306 Å². The molecule has 8 rings (SSSR count). The fourth-order valence-corrected chi connectivity index (χ4v) is 6.10. The van der Waals surface area contributed by atoms with Crippen LogP contribution in [0.15, 0.2) is 146 Å². The van der Waals surface area contributed by atoms with Crippen LogP contribution in [0, 0.1) is 6.92 Å². The van der Waals surface area contributed by atoms with Gasteiger partial charge in [-0.3, -0.25) is 0 Å². The maximum atomic E-state index is 2.33. The summed E-state index contributed by atoms with van der Waals surface area (Å²) in [6.45, 7) is 8.99. The first-order valence-corrected chi connectivity index (χ1v) is 21.9. The second kappa shape index (κ2) is 16.7. The van der Waals surface area contributed by atoms with Gasteiger partial charge in [-0.2, -0.15) is 12.1 Å². The van der Waals surface area contributed by atoms with E-state index in [-0.39, 0.29) is 30.2 Å². The predicted octanol–water partition coefficient (Wildman–Crippen LogP) is 6.42. The van der Waals surface area contributed by atoms with E-state index in [9.17, 15) is 0 Å². The normalized spacial score (nSPS) is 10.4. The molecule has 0 aliphatic heterocycles. The SMILES string of the molecule is CCc1cc2c(-c3ccc4ccccc4c3)cccc2[cH-]1.C[Si](C)=[Zr+2].Cc1cc2c(-c3ccc4ccccc4c3)cccc2[cH-]1.[Cl-].[Cl-]. The van der Waals surface area contributed by atoms with Gasteiger partial charge in [0, 0.05) is 0 Å². The van der Waals surface area contributed by atoms with Gasteiger partial charge >= 0.3 is 41.9 Å². The molecular weight excluding hydrogens is 707 g/mol. The largest absolute Gasteiger partial charge is 1.00 e. The van der Waals surface area contributed by atoms with E-state index < -0.39 is 0 Å². The Balaban J connectivity index is 0.000000184. The molecule has 47 heavy (non-hydrogen) atoms.